The summed E-state index contributed by atoms with van der Waals surface area (Å²) >= 11 is 0. The Labute approximate surface area is 214 Å². The van der Waals surface area contributed by atoms with E-state index in [0.29, 0.717) is 22.4 Å². The van der Waals surface area contributed by atoms with Gasteiger partial charge in [-0.05, 0) is 66.3 Å². The molecule has 182 valence electrons. The Balaban J connectivity index is 1.48. The first-order valence-corrected chi connectivity index (χ1v) is 11.5. The molecule has 0 bridgehead atoms. The first kappa shape index (κ1) is 25.0. The summed E-state index contributed by atoms with van der Waals surface area (Å²) in [6.45, 7) is 0. The molecule has 4 aromatic carbocycles. The zero-order valence-electron chi connectivity index (χ0n) is 19.7. The van der Waals surface area contributed by atoms with Crippen LogP contribution in [0.15, 0.2) is 121 Å². The highest BCUT2D eigenvalue weighted by Gasteiger charge is 2.15. The quantitative estimate of drug-likeness (QED) is 0.230. The molecule has 6 heteroatoms. The van der Waals surface area contributed by atoms with Crippen LogP contribution in [0, 0.1) is 5.82 Å². The van der Waals surface area contributed by atoms with Crippen molar-refractivity contribution >= 4 is 35.4 Å². The molecule has 0 aliphatic carbocycles. The Bertz CT molecular complexity index is 1460. The Kier molecular flexibility index (Phi) is 8.14. The molecule has 0 fully saturated rings. The number of carbonyl (C=O) groups is 3. The van der Waals surface area contributed by atoms with Crippen molar-refractivity contribution in [2.45, 2.75) is 0 Å². The van der Waals surface area contributed by atoms with Gasteiger partial charge < -0.3 is 10.6 Å². The molecule has 4 rings (SSSR count). The number of benzene rings is 4. The van der Waals surface area contributed by atoms with E-state index < -0.39 is 17.6 Å². The maximum atomic E-state index is 13.8. The van der Waals surface area contributed by atoms with Gasteiger partial charge in [0.1, 0.15) is 11.5 Å². The largest absolute Gasteiger partial charge is 0.321 e. The summed E-state index contributed by atoms with van der Waals surface area (Å²) in [6.07, 6.45) is 4.30. The fourth-order valence-corrected chi connectivity index (χ4v) is 3.45. The molecule has 0 aliphatic heterocycles. The number of halogens is 1. The second-order valence-corrected chi connectivity index (χ2v) is 8.04. The summed E-state index contributed by atoms with van der Waals surface area (Å²) in [5.41, 5.74) is 2.35. The van der Waals surface area contributed by atoms with E-state index in [1.165, 1.54) is 18.2 Å². The lowest BCUT2D eigenvalue weighted by Crippen LogP contribution is -2.30. The van der Waals surface area contributed by atoms with Gasteiger partial charge >= 0.3 is 0 Å². The number of nitrogens with one attached hydrogen (secondary N) is 2. The molecule has 0 saturated heterocycles. The predicted molar refractivity (Wildman–Crippen MR) is 143 cm³/mol. The van der Waals surface area contributed by atoms with Crippen LogP contribution in [0.25, 0.3) is 12.2 Å². The van der Waals surface area contributed by atoms with Crippen molar-refractivity contribution < 1.29 is 18.8 Å². The molecular formula is C31H23FN2O3. The summed E-state index contributed by atoms with van der Waals surface area (Å²) in [5, 5.41) is 5.43. The average molecular weight is 491 g/mol. The van der Waals surface area contributed by atoms with E-state index in [-0.39, 0.29) is 11.5 Å². The Hall–Kier alpha value is -5.10. The Morgan fingerprint density at radius 1 is 0.676 bits per heavy atom. The van der Waals surface area contributed by atoms with Crippen molar-refractivity contribution in [3.8, 4) is 0 Å². The molecular weight excluding hydrogens is 467 g/mol. The third-order valence-corrected chi connectivity index (χ3v) is 5.39. The fourth-order valence-electron chi connectivity index (χ4n) is 3.45. The predicted octanol–water partition coefficient (Wildman–Crippen LogP) is 6.13. The van der Waals surface area contributed by atoms with E-state index in [2.05, 4.69) is 10.6 Å². The van der Waals surface area contributed by atoms with Crippen molar-refractivity contribution in [1.82, 2.24) is 5.32 Å². The van der Waals surface area contributed by atoms with Crippen LogP contribution in [0.4, 0.5) is 10.1 Å². The van der Waals surface area contributed by atoms with Gasteiger partial charge in [0.05, 0.1) is 0 Å². The summed E-state index contributed by atoms with van der Waals surface area (Å²) in [6, 6.07) is 30.2. The van der Waals surface area contributed by atoms with Gasteiger partial charge in [-0.1, -0.05) is 66.7 Å². The lowest BCUT2D eigenvalue weighted by molar-refractivity contribution is -0.113. The number of hydrogen-bond acceptors (Lipinski definition) is 3. The average Bonchev–Trinajstić information content (AvgIpc) is 2.93. The Morgan fingerprint density at radius 2 is 1.30 bits per heavy atom. The first-order chi connectivity index (χ1) is 18.0. The van der Waals surface area contributed by atoms with E-state index >= 15 is 0 Å². The van der Waals surface area contributed by atoms with Crippen molar-refractivity contribution in [2.24, 2.45) is 0 Å². The zero-order chi connectivity index (χ0) is 26.0. The van der Waals surface area contributed by atoms with Gasteiger partial charge in [-0.3, -0.25) is 14.4 Å². The van der Waals surface area contributed by atoms with Gasteiger partial charge in [0.15, 0.2) is 5.78 Å². The van der Waals surface area contributed by atoms with Gasteiger partial charge in [0, 0.05) is 22.4 Å². The van der Waals surface area contributed by atoms with E-state index in [9.17, 15) is 18.8 Å². The van der Waals surface area contributed by atoms with Gasteiger partial charge in [0.2, 0.25) is 0 Å². The molecule has 0 aliphatic rings. The number of hydrogen-bond donors (Lipinski definition) is 2. The third-order valence-electron chi connectivity index (χ3n) is 5.39. The molecule has 0 heterocycles. The van der Waals surface area contributed by atoms with Crippen LogP contribution in [-0.4, -0.2) is 17.6 Å². The summed E-state index contributed by atoms with van der Waals surface area (Å²) in [5.74, 6) is -1.66. The molecule has 5 nitrogen and oxygen atoms in total. The van der Waals surface area contributed by atoms with Crippen molar-refractivity contribution in [3.05, 3.63) is 149 Å². The van der Waals surface area contributed by atoms with Crippen LogP contribution >= 0.6 is 0 Å². The SMILES string of the molecule is O=C(Nc1ccc(C(=O)/C=C/c2ccccc2F)cc1)/C(=C/c1ccccc1)NC(=O)c1ccccc1. The molecule has 4 aromatic rings. The molecule has 0 saturated carbocycles. The minimum Gasteiger partial charge on any atom is -0.321 e. The van der Waals surface area contributed by atoms with Gasteiger partial charge in [0.25, 0.3) is 11.8 Å². The van der Waals surface area contributed by atoms with Crippen LogP contribution in [-0.2, 0) is 4.79 Å². The molecule has 0 radical (unpaired) electrons. The van der Waals surface area contributed by atoms with Crippen molar-refractivity contribution in [1.29, 1.82) is 0 Å². The fraction of sp³-hybridized carbons (Fsp3) is 0. The van der Waals surface area contributed by atoms with Gasteiger partial charge in [-0.15, -0.1) is 0 Å². The zero-order valence-corrected chi connectivity index (χ0v) is 19.7. The van der Waals surface area contributed by atoms with E-state index in [4.69, 9.17) is 0 Å². The maximum absolute atomic E-state index is 13.8. The normalized spacial score (nSPS) is 11.2. The number of carbonyl (C=O) groups excluding carboxylic acids is 3. The van der Waals surface area contributed by atoms with E-state index in [1.807, 2.05) is 30.3 Å². The molecule has 0 atom stereocenters. The summed E-state index contributed by atoms with van der Waals surface area (Å²) in [7, 11) is 0. The lowest BCUT2D eigenvalue weighted by atomic mass is 10.1. The molecule has 0 unspecified atom stereocenters. The molecule has 2 amide bonds. The van der Waals surface area contributed by atoms with Crippen LogP contribution in [0.1, 0.15) is 31.8 Å². The number of amides is 2. The van der Waals surface area contributed by atoms with Crippen LogP contribution in [0.5, 0.6) is 0 Å². The minimum atomic E-state index is -0.522. The number of rotatable bonds is 8. The monoisotopic (exact) mass is 490 g/mol. The van der Waals surface area contributed by atoms with Crippen LogP contribution in [0.3, 0.4) is 0 Å². The highest BCUT2D eigenvalue weighted by atomic mass is 19.1. The van der Waals surface area contributed by atoms with E-state index in [0.717, 1.165) is 5.56 Å². The highest BCUT2D eigenvalue weighted by molar-refractivity contribution is 6.11. The van der Waals surface area contributed by atoms with Gasteiger partial charge in [-0.2, -0.15) is 0 Å². The smallest absolute Gasteiger partial charge is 0.272 e. The summed E-state index contributed by atoms with van der Waals surface area (Å²) < 4.78 is 13.8. The summed E-state index contributed by atoms with van der Waals surface area (Å²) in [4.78, 5) is 38.3. The van der Waals surface area contributed by atoms with Crippen molar-refractivity contribution in [2.75, 3.05) is 5.32 Å². The third kappa shape index (κ3) is 6.96. The first-order valence-electron chi connectivity index (χ1n) is 11.5. The lowest BCUT2D eigenvalue weighted by Gasteiger charge is -2.12. The number of ketones is 1. The maximum Gasteiger partial charge on any atom is 0.272 e. The number of anilines is 1. The van der Waals surface area contributed by atoms with Crippen molar-refractivity contribution in [3.63, 3.8) is 0 Å². The minimum absolute atomic E-state index is 0.0630. The second kappa shape index (κ2) is 12.0. The molecule has 2 N–H and O–H groups in total. The van der Waals surface area contributed by atoms with Gasteiger partial charge in [-0.25, -0.2) is 4.39 Å². The molecule has 37 heavy (non-hydrogen) atoms. The topological polar surface area (TPSA) is 75.3 Å². The second-order valence-electron chi connectivity index (χ2n) is 8.04. The van der Waals surface area contributed by atoms with Crippen LogP contribution in [0.2, 0.25) is 0 Å². The van der Waals surface area contributed by atoms with Crippen LogP contribution < -0.4 is 10.6 Å². The Morgan fingerprint density at radius 3 is 1.97 bits per heavy atom. The molecule has 0 spiro atoms. The molecule has 0 aromatic heterocycles. The van der Waals surface area contributed by atoms with E-state index in [1.54, 1.807) is 78.9 Å². The highest BCUT2D eigenvalue weighted by Crippen LogP contribution is 2.15. The standard InChI is InChI=1S/C31H23FN2O3/c32-27-14-8-7-11-23(27)17-20-29(35)24-15-18-26(19-16-24)33-31(37)28(21-22-9-3-1-4-10-22)34-30(36)25-12-5-2-6-13-25/h1-21H,(H,33,37)(H,34,36)/b20-17+,28-21-. The number of allylic oxidation sites excluding steroid dienone is 1.